The summed E-state index contributed by atoms with van der Waals surface area (Å²) >= 11 is 0. The van der Waals surface area contributed by atoms with Gasteiger partial charge in [-0.05, 0) is 24.6 Å². The van der Waals surface area contributed by atoms with Crippen LogP contribution in [0.3, 0.4) is 0 Å². The molecular formula is C14H22N2O3S. The number of hydrogen-bond acceptors (Lipinski definition) is 4. The molecule has 1 aliphatic carbocycles. The molecule has 5 nitrogen and oxygen atoms in total. The van der Waals surface area contributed by atoms with E-state index in [-0.39, 0.29) is 22.5 Å². The molecule has 2 atom stereocenters. The van der Waals surface area contributed by atoms with Gasteiger partial charge >= 0.3 is 0 Å². The van der Waals surface area contributed by atoms with Crippen molar-refractivity contribution in [3.05, 3.63) is 24.3 Å². The fraction of sp³-hybridized carbons (Fsp3) is 0.571. The summed E-state index contributed by atoms with van der Waals surface area (Å²) in [4.78, 5) is 0.269. The van der Waals surface area contributed by atoms with E-state index in [1.807, 2.05) is 19.9 Å². The van der Waals surface area contributed by atoms with Crippen LogP contribution in [0.2, 0.25) is 0 Å². The van der Waals surface area contributed by atoms with Gasteiger partial charge in [-0.25, -0.2) is 12.7 Å². The minimum absolute atomic E-state index is 0.148. The molecule has 2 unspecified atom stereocenters. The molecule has 0 bridgehead atoms. The lowest BCUT2D eigenvalue weighted by Gasteiger charge is -2.49. The smallest absolute Gasteiger partial charge is 0.242 e. The van der Waals surface area contributed by atoms with E-state index in [9.17, 15) is 13.5 Å². The minimum Gasteiger partial charge on any atom is -0.392 e. The van der Waals surface area contributed by atoms with Crippen molar-refractivity contribution in [1.29, 1.82) is 0 Å². The second-order valence-electron chi connectivity index (χ2n) is 6.09. The van der Waals surface area contributed by atoms with Gasteiger partial charge in [-0.1, -0.05) is 19.9 Å². The Bertz CT molecular complexity index is 596. The first-order chi connectivity index (χ1) is 9.15. The Morgan fingerprint density at radius 1 is 1.35 bits per heavy atom. The van der Waals surface area contributed by atoms with Crippen molar-refractivity contribution in [3.63, 3.8) is 0 Å². The highest BCUT2D eigenvalue weighted by atomic mass is 32.2. The molecule has 2 N–H and O–H groups in total. The SMILES string of the molecule is CN(C)S(=O)(=O)c1cccc(NC2CC(O)C2(C)C)c1. The monoisotopic (exact) mass is 298 g/mol. The molecule has 0 spiro atoms. The quantitative estimate of drug-likeness (QED) is 0.884. The van der Waals surface area contributed by atoms with E-state index in [4.69, 9.17) is 0 Å². The molecule has 2 rings (SSSR count). The summed E-state index contributed by atoms with van der Waals surface area (Å²) in [5.41, 5.74) is 0.564. The highest BCUT2D eigenvalue weighted by Crippen LogP contribution is 2.42. The van der Waals surface area contributed by atoms with E-state index in [1.165, 1.54) is 18.4 Å². The molecule has 0 amide bonds. The third-order valence-electron chi connectivity index (χ3n) is 4.17. The molecule has 1 aromatic carbocycles. The number of benzene rings is 1. The molecule has 6 heteroatoms. The molecule has 0 radical (unpaired) electrons. The molecular weight excluding hydrogens is 276 g/mol. The Hall–Kier alpha value is -1.11. The molecule has 0 aromatic heterocycles. The summed E-state index contributed by atoms with van der Waals surface area (Å²) < 4.78 is 25.4. The summed E-state index contributed by atoms with van der Waals surface area (Å²) in [6, 6.07) is 6.93. The number of anilines is 1. The fourth-order valence-corrected chi connectivity index (χ4v) is 3.25. The molecule has 1 aliphatic rings. The van der Waals surface area contributed by atoms with Gasteiger partial charge in [0.15, 0.2) is 0 Å². The number of aliphatic hydroxyl groups is 1. The molecule has 112 valence electrons. The van der Waals surface area contributed by atoms with Crippen LogP contribution in [0.5, 0.6) is 0 Å². The average molecular weight is 298 g/mol. The Morgan fingerprint density at radius 2 is 2.00 bits per heavy atom. The largest absolute Gasteiger partial charge is 0.392 e. The van der Waals surface area contributed by atoms with E-state index >= 15 is 0 Å². The van der Waals surface area contributed by atoms with Crippen molar-refractivity contribution in [2.75, 3.05) is 19.4 Å². The minimum atomic E-state index is -3.42. The van der Waals surface area contributed by atoms with Crippen molar-refractivity contribution >= 4 is 15.7 Å². The average Bonchev–Trinajstić information content (AvgIpc) is 2.38. The summed E-state index contributed by atoms with van der Waals surface area (Å²) in [7, 11) is -0.390. The van der Waals surface area contributed by atoms with Gasteiger partial charge < -0.3 is 10.4 Å². The van der Waals surface area contributed by atoms with Crippen molar-refractivity contribution in [1.82, 2.24) is 4.31 Å². The van der Waals surface area contributed by atoms with Crippen LogP contribution in [0.4, 0.5) is 5.69 Å². The van der Waals surface area contributed by atoms with E-state index in [2.05, 4.69) is 5.32 Å². The molecule has 20 heavy (non-hydrogen) atoms. The Kier molecular flexibility index (Phi) is 3.83. The third-order valence-corrected chi connectivity index (χ3v) is 5.98. The zero-order valence-corrected chi connectivity index (χ0v) is 13.1. The van der Waals surface area contributed by atoms with Crippen molar-refractivity contribution < 1.29 is 13.5 Å². The van der Waals surface area contributed by atoms with Crippen molar-refractivity contribution in [3.8, 4) is 0 Å². The van der Waals surface area contributed by atoms with Gasteiger partial charge in [-0.3, -0.25) is 0 Å². The fourth-order valence-electron chi connectivity index (χ4n) is 2.31. The maximum Gasteiger partial charge on any atom is 0.242 e. The molecule has 1 aromatic rings. The number of nitrogens with zero attached hydrogens (tertiary/aromatic N) is 1. The molecule has 1 fully saturated rings. The first kappa shape index (κ1) is 15.3. The predicted molar refractivity (Wildman–Crippen MR) is 79.1 cm³/mol. The predicted octanol–water partition coefficient (Wildman–Crippen LogP) is 1.51. The Balaban J connectivity index is 2.20. The first-order valence-corrected chi connectivity index (χ1v) is 8.07. The van der Waals surface area contributed by atoms with Gasteiger partial charge in [0.05, 0.1) is 11.0 Å². The Labute approximate surface area is 120 Å². The topological polar surface area (TPSA) is 69.6 Å². The van der Waals surface area contributed by atoms with Crippen LogP contribution in [-0.4, -0.2) is 44.1 Å². The van der Waals surface area contributed by atoms with E-state index in [0.29, 0.717) is 6.42 Å². The molecule has 0 saturated heterocycles. The standard InChI is InChI=1S/C14H22N2O3S/c1-14(2)12(9-13(14)17)15-10-6-5-7-11(8-10)20(18,19)16(3)4/h5-8,12-13,15,17H,9H2,1-4H3. The Morgan fingerprint density at radius 3 is 2.50 bits per heavy atom. The van der Waals surface area contributed by atoms with Gasteiger partial charge in [0.25, 0.3) is 0 Å². The van der Waals surface area contributed by atoms with Gasteiger partial charge in [-0.15, -0.1) is 0 Å². The van der Waals surface area contributed by atoms with Crippen LogP contribution >= 0.6 is 0 Å². The van der Waals surface area contributed by atoms with E-state index < -0.39 is 10.0 Å². The lowest BCUT2D eigenvalue weighted by Crippen LogP contribution is -2.56. The summed E-state index contributed by atoms with van der Waals surface area (Å²) in [6.45, 7) is 4.00. The summed E-state index contributed by atoms with van der Waals surface area (Å²) in [5.74, 6) is 0. The second-order valence-corrected chi connectivity index (χ2v) is 8.24. The number of aliphatic hydroxyl groups excluding tert-OH is 1. The summed E-state index contributed by atoms with van der Waals surface area (Å²) in [5, 5.41) is 13.0. The number of hydrogen-bond donors (Lipinski definition) is 2. The zero-order chi connectivity index (χ0) is 15.1. The third kappa shape index (κ3) is 2.55. The highest BCUT2D eigenvalue weighted by Gasteiger charge is 2.47. The van der Waals surface area contributed by atoms with Gasteiger partial charge in [-0.2, -0.15) is 0 Å². The maximum atomic E-state index is 12.1. The van der Waals surface area contributed by atoms with Crippen LogP contribution in [0.1, 0.15) is 20.3 Å². The number of sulfonamides is 1. The van der Waals surface area contributed by atoms with Gasteiger partial charge in [0, 0.05) is 31.2 Å². The normalized spacial score (nSPS) is 25.3. The first-order valence-electron chi connectivity index (χ1n) is 6.63. The summed E-state index contributed by atoms with van der Waals surface area (Å²) in [6.07, 6.45) is 0.367. The van der Waals surface area contributed by atoms with Crippen LogP contribution < -0.4 is 5.32 Å². The van der Waals surface area contributed by atoms with Crippen molar-refractivity contribution in [2.24, 2.45) is 5.41 Å². The molecule has 1 saturated carbocycles. The number of rotatable bonds is 4. The second kappa shape index (κ2) is 5.02. The van der Waals surface area contributed by atoms with Crippen LogP contribution in [0.15, 0.2) is 29.2 Å². The molecule has 0 heterocycles. The zero-order valence-electron chi connectivity index (χ0n) is 12.3. The van der Waals surface area contributed by atoms with E-state index in [0.717, 1.165) is 5.69 Å². The van der Waals surface area contributed by atoms with Gasteiger partial charge in [0.2, 0.25) is 10.0 Å². The number of nitrogens with one attached hydrogen (secondary N) is 1. The lowest BCUT2D eigenvalue weighted by atomic mass is 9.64. The van der Waals surface area contributed by atoms with Gasteiger partial charge in [0.1, 0.15) is 0 Å². The van der Waals surface area contributed by atoms with Crippen LogP contribution in [-0.2, 0) is 10.0 Å². The highest BCUT2D eigenvalue weighted by molar-refractivity contribution is 7.89. The van der Waals surface area contributed by atoms with Crippen LogP contribution in [0, 0.1) is 5.41 Å². The molecule has 0 aliphatic heterocycles. The lowest BCUT2D eigenvalue weighted by molar-refractivity contribution is -0.0510. The van der Waals surface area contributed by atoms with Crippen LogP contribution in [0.25, 0.3) is 0 Å². The van der Waals surface area contributed by atoms with Crippen molar-refractivity contribution in [2.45, 2.75) is 37.3 Å². The maximum absolute atomic E-state index is 12.1. The van der Waals surface area contributed by atoms with E-state index in [1.54, 1.807) is 18.2 Å².